The lowest BCUT2D eigenvalue weighted by molar-refractivity contribution is -0.124. The zero-order valence-electron chi connectivity index (χ0n) is 13.6. The van der Waals surface area contributed by atoms with Crippen LogP contribution in [0, 0.1) is 11.3 Å². The quantitative estimate of drug-likeness (QED) is 0.844. The van der Waals surface area contributed by atoms with Gasteiger partial charge in [-0.3, -0.25) is 4.79 Å². The molecule has 0 heterocycles. The van der Waals surface area contributed by atoms with Crippen LogP contribution in [-0.4, -0.2) is 18.6 Å². The van der Waals surface area contributed by atoms with Crippen molar-refractivity contribution in [2.45, 2.75) is 46.2 Å². The summed E-state index contributed by atoms with van der Waals surface area (Å²) in [5.41, 5.74) is 6.71. The molecule has 1 aromatic rings. The molecule has 0 unspecified atom stereocenters. The molecule has 0 aliphatic heterocycles. The van der Waals surface area contributed by atoms with Crippen LogP contribution in [0.5, 0.6) is 5.75 Å². The Labute approximate surface area is 139 Å². The van der Waals surface area contributed by atoms with Crippen molar-refractivity contribution in [1.82, 2.24) is 5.32 Å². The molecule has 5 heteroatoms. The lowest BCUT2D eigenvalue weighted by Crippen LogP contribution is -2.48. The molecule has 22 heavy (non-hydrogen) atoms. The highest BCUT2D eigenvalue weighted by molar-refractivity contribution is 5.85. The van der Waals surface area contributed by atoms with E-state index in [-0.39, 0.29) is 23.7 Å². The Kier molecular flexibility index (Phi) is 6.69. The third-order valence-electron chi connectivity index (χ3n) is 3.81. The van der Waals surface area contributed by atoms with Crippen LogP contribution in [0.4, 0.5) is 0 Å². The van der Waals surface area contributed by atoms with Crippen molar-refractivity contribution in [2.75, 3.05) is 6.61 Å². The standard InChI is InChI=1S/C17H26N2O2.ClH/c1-17(2,3)15(18)16(20)19-10-13-6-4-5-7-14(13)21-11-12-8-9-12;/h4-7,12,15H,8-11,18H2,1-3H3,(H,19,20);1H/t15-;/m1./s1. The summed E-state index contributed by atoms with van der Waals surface area (Å²) in [6, 6.07) is 7.32. The van der Waals surface area contributed by atoms with Crippen LogP contribution in [0.25, 0.3) is 0 Å². The number of hydrogen-bond acceptors (Lipinski definition) is 3. The van der Waals surface area contributed by atoms with Crippen molar-refractivity contribution in [2.24, 2.45) is 17.1 Å². The topological polar surface area (TPSA) is 64.4 Å². The molecule has 4 nitrogen and oxygen atoms in total. The normalized spacial score (nSPS) is 15.6. The van der Waals surface area contributed by atoms with Gasteiger partial charge in [0.25, 0.3) is 0 Å². The Balaban J connectivity index is 0.00000242. The minimum Gasteiger partial charge on any atom is -0.493 e. The molecule has 2 rings (SSSR count). The van der Waals surface area contributed by atoms with Crippen LogP contribution in [0.3, 0.4) is 0 Å². The van der Waals surface area contributed by atoms with E-state index in [4.69, 9.17) is 10.5 Å². The predicted octanol–water partition coefficient (Wildman–Crippen LogP) is 2.89. The summed E-state index contributed by atoms with van der Waals surface area (Å²) in [4.78, 5) is 12.1. The van der Waals surface area contributed by atoms with E-state index in [1.165, 1.54) is 12.8 Å². The average Bonchev–Trinajstić information content (AvgIpc) is 3.25. The minimum absolute atomic E-state index is 0. The number of nitrogens with one attached hydrogen (secondary N) is 1. The van der Waals surface area contributed by atoms with E-state index >= 15 is 0 Å². The van der Waals surface area contributed by atoms with Crippen LogP contribution in [0.1, 0.15) is 39.2 Å². The number of carbonyl (C=O) groups excluding carboxylic acids is 1. The van der Waals surface area contributed by atoms with Crippen LogP contribution in [0.15, 0.2) is 24.3 Å². The van der Waals surface area contributed by atoms with Gasteiger partial charge < -0.3 is 15.8 Å². The second kappa shape index (κ2) is 7.84. The lowest BCUT2D eigenvalue weighted by Gasteiger charge is -2.26. The van der Waals surface area contributed by atoms with E-state index in [0.29, 0.717) is 12.5 Å². The van der Waals surface area contributed by atoms with Gasteiger partial charge in [-0.1, -0.05) is 39.0 Å². The molecule has 0 spiro atoms. The molecule has 1 saturated carbocycles. The molecule has 1 aromatic carbocycles. The number of rotatable bonds is 6. The number of amides is 1. The van der Waals surface area contributed by atoms with Crippen molar-refractivity contribution < 1.29 is 9.53 Å². The molecular formula is C17H27ClN2O2. The highest BCUT2D eigenvalue weighted by atomic mass is 35.5. The molecule has 1 aliphatic carbocycles. The summed E-state index contributed by atoms with van der Waals surface area (Å²) < 4.78 is 5.84. The summed E-state index contributed by atoms with van der Waals surface area (Å²) in [5.74, 6) is 1.44. The Morgan fingerprint density at radius 3 is 2.59 bits per heavy atom. The number of ether oxygens (including phenoxy) is 1. The number of benzene rings is 1. The first kappa shape index (κ1) is 18.8. The van der Waals surface area contributed by atoms with Gasteiger partial charge >= 0.3 is 0 Å². The molecule has 0 aromatic heterocycles. The van der Waals surface area contributed by atoms with E-state index in [2.05, 4.69) is 5.32 Å². The van der Waals surface area contributed by atoms with Crippen LogP contribution in [-0.2, 0) is 11.3 Å². The fourth-order valence-electron chi connectivity index (χ4n) is 1.97. The van der Waals surface area contributed by atoms with Gasteiger partial charge in [0.05, 0.1) is 12.6 Å². The largest absolute Gasteiger partial charge is 0.493 e. The Hall–Kier alpha value is -1.26. The highest BCUT2D eigenvalue weighted by Crippen LogP contribution is 2.30. The van der Waals surface area contributed by atoms with Crippen molar-refractivity contribution in [3.63, 3.8) is 0 Å². The molecule has 0 radical (unpaired) electrons. The maximum atomic E-state index is 12.1. The monoisotopic (exact) mass is 326 g/mol. The molecule has 1 aliphatic rings. The third-order valence-corrected chi connectivity index (χ3v) is 3.81. The van der Waals surface area contributed by atoms with Crippen molar-refractivity contribution in [1.29, 1.82) is 0 Å². The van der Waals surface area contributed by atoms with Gasteiger partial charge in [0, 0.05) is 12.1 Å². The molecule has 1 fully saturated rings. The SMILES string of the molecule is CC(C)(C)[C@H](N)C(=O)NCc1ccccc1OCC1CC1.Cl. The first-order valence-corrected chi connectivity index (χ1v) is 7.62. The van der Waals surface area contributed by atoms with Crippen LogP contribution >= 0.6 is 12.4 Å². The van der Waals surface area contributed by atoms with Gasteiger partial charge in [0.2, 0.25) is 5.91 Å². The van der Waals surface area contributed by atoms with Crippen molar-refractivity contribution >= 4 is 18.3 Å². The second-order valence-electron chi connectivity index (χ2n) is 6.92. The predicted molar refractivity (Wildman–Crippen MR) is 91.2 cm³/mol. The van der Waals surface area contributed by atoms with Gasteiger partial charge in [-0.25, -0.2) is 0 Å². The number of hydrogen-bond donors (Lipinski definition) is 2. The average molecular weight is 327 g/mol. The first-order valence-electron chi connectivity index (χ1n) is 7.62. The fraction of sp³-hybridized carbons (Fsp3) is 0.588. The zero-order chi connectivity index (χ0) is 15.5. The molecule has 3 N–H and O–H groups in total. The number of carbonyl (C=O) groups is 1. The Bertz CT molecular complexity index is 496. The van der Waals surface area contributed by atoms with Gasteiger partial charge in [-0.15, -0.1) is 12.4 Å². The second-order valence-corrected chi connectivity index (χ2v) is 6.92. The summed E-state index contributed by atoms with van der Waals surface area (Å²) in [5, 5.41) is 2.90. The molecule has 1 atom stereocenters. The molecule has 0 saturated heterocycles. The van der Waals surface area contributed by atoms with Crippen LogP contribution in [0.2, 0.25) is 0 Å². The molecule has 0 bridgehead atoms. The maximum absolute atomic E-state index is 12.1. The van der Waals surface area contributed by atoms with Gasteiger partial charge in [-0.05, 0) is 30.2 Å². The maximum Gasteiger partial charge on any atom is 0.237 e. The number of nitrogens with two attached hydrogens (primary N) is 1. The summed E-state index contributed by atoms with van der Waals surface area (Å²) in [6.07, 6.45) is 2.53. The first-order chi connectivity index (χ1) is 9.88. The summed E-state index contributed by atoms with van der Waals surface area (Å²) in [6.45, 7) is 7.10. The van der Waals surface area contributed by atoms with Gasteiger partial charge in [-0.2, -0.15) is 0 Å². The third kappa shape index (κ3) is 5.50. The van der Waals surface area contributed by atoms with E-state index in [0.717, 1.165) is 17.9 Å². The van der Waals surface area contributed by atoms with E-state index in [9.17, 15) is 4.79 Å². The van der Waals surface area contributed by atoms with E-state index in [1.54, 1.807) is 0 Å². The fourth-order valence-corrected chi connectivity index (χ4v) is 1.97. The smallest absolute Gasteiger partial charge is 0.237 e. The highest BCUT2D eigenvalue weighted by Gasteiger charge is 2.27. The molecule has 124 valence electrons. The van der Waals surface area contributed by atoms with E-state index < -0.39 is 6.04 Å². The molecule has 1 amide bonds. The lowest BCUT2D eigenvalue weighted by atomic mass is 9.87. The zero-order valence-corrected chi connectivity index (χ0v) is 14.4. The number of para-hydroxylation sites is 1. The Morgan fingerprint density at radius 2 is 2.00 bits per heavy atom. The molecular weight excluding hydrogens is 300 g/mol. The summed E-state index contributed by atoms with van der Waals surface area (Å²) >= 11 is 0. The van der Waals surface area contributed by atoms with E-state index in [1.807, 2.05) is 45.0 Å². The van der Waals surface area contributed by atoms with Crippen molar-refractivity contribution in [3.05, 3.63) is 29.8 Å². The Morgan fingerprint density at radius 1 is 1.36 bits per heavy atom. The summed E-state index contributed by atoms with van der Waals surface area (Å²) in [7, 11) is 0. The number of halogens is 1. The minimum atomic E-state index is -0.517. The van der Waals surface area contributed by atoms with Gasteiger partial charge in [0.1, 0.15) is 5.75 Å². The van der Waals surface area contributed by atoms with Crippen molar-refractivity contribution in [3.8, 4) is 5.75 Å². The van der Waals surface area contributed by atoms with Crippen LogP contribution < -0.4 is 15.8 Å². The van der Waals surface area contributed by atoms with Gasteiger partial charge in [0.15, 0.2) is 0 Å².